The fourth-order valence-electron chi connectivity index (χ4n) is 2.26. The molecule has 0 atom stereocenters. The molecule has 7 heteroatoms. The number of sulfonamides is 1. The van der Waals surface area contributed by atoms with Gasteiger partial charge in [-0.15, -0.1) is 0 Å². The summed E-state index contributed by atoms with van der Waals surface area (Å²) >= 11 is 12.2. The van der Waals surface area contributed by atoms with Crippen molar-refractivity contribution in [3.63, 3.8) is 0 Å². The van der Waals surface area contributed by atoms with E-state index < -0.39 is 10.0 Å². The van der Waals surface area contributed by atoms with Gasteiger partial charge in [0.25, 0.3) is 0 Å². The molecule has 2 aliphatic rings. The molecule has 3 rings (SSSR count). The van der Waals surface area contributed by atoms with Crippen molar-refractivity contribution in [1.82, 2.24) is 10.0 Å². The van der Waals surface area contributed by atoms with Gasteiger partial charge in [0.05, 0.1) is 5.02 Å². The normalized spacial score (nSPS) is 19.5. The van der Waals surface area contributed by atoms with Crippen LogP contribution in [0.3, 0.4) is 0 Å². The highest BCUT2D eigenvalue weighted by Gasteiger charge is 2.27. The third-order valence-corrected chi connectivity index (χ3v) is 6.31. The lowest BCUT2D eigenvalue weighted by molar-refractivity contribution is 0.383. The van der Waals surface area contributed by atoms with E-state index in [1.54, 1.807) is 6.07 Å². The van der Waals surface area contributed by atoms with E-state index in [4.69, 9.17) is 23.2 Å². The van der Waals surface area contributed by atoms with Gasteiger partial charge in [0.1, 0.15) is 4.90 Å². The Morgan fingerprint density at radius 1 is 1.05 bits per heavy atom. The van der Waals surface area contributed by atoms with Crippen molar-refractivity contribution in [2.45, 2.75) is 55.6 Å². The van der Waals surface area contributed by atoms with E-state index >= 15 is 0 Å². The Labute approximate surface area is 135 Å². The second-order valence-corrected chi connectivity index (χ2v) is 8.28. The van der Waals surface area contributed by atoms with E-state index in [2.05, 4.69) is 10.0 Å². The molecule has 0 unspecified atom stereocenters. The Hall–Kier alpha value is -0.330. The number of hydrogen-bond donors (Lipinski definition) is 2. The van der Waals surface area contributed by atoms with Crippen molar-refractivity contribution >= 4 is 33.2 Å². The van der Waals surface area contributed by atoms with Gasteiger partial charge < -0.3 is 5.32 Å². The zero-order valence-corrected chi connectivity index (χ0v) is 13.9. The van der Waals surface area contributed by atoms with Crippen LogP contribution in [-0.4, -0.2) is 20.5 Å². The Balaban J connectivity index is 1.83. The third kappa shape index (κ3) is 3.71. The molecule has 2 fully saturated rings. The van der Waals surface area contributed by atoms with Gasteiger partial charge in [-0.25, -0.2) is 13.1 Å². The van der Waals surface area contributed by atoms with Gasteiger partial charge in [-0.05, 0) is 43.4 Å². The van der Waals surface area contributed by atoms with Crippen LogP contribution >= 0.6 is 23.2 Å². The number of benzene rings is 1. The van der Waals surface area contributed by atoms with Crippen molar-refractivity contribution in [2.75, 3.05) is 0 Å². The summed E-state index contributed by atoms with van der Waals surface area (Å²) in [6.45, 7) is 0.562. The quantitative estimate of drug-likeness (QED) is 0.830. The number of rotatable bonds is 6. The summed E-state index contributed by atoms with van der Waals surface area (Å²) < 4.78 is 27.5. The number of halogens is 2. The van der Waals surface area contributed by atoms with Crippen LogP contribution in [-0.2, 0) is 16.6 Å². The van der Waals surface area contributed by atoms with Gasteiger partial charge >= 0.3 is 0 Å². The lowest BCUT2D eigenvalue weighted by Crippen LogP contribution is -2.39. The summed E-state index contributed by atoms with van der Waals surface area (Å²) in [5.74, 6) is 0. The van der Waals surface area contributed by atoms with Gasteiger partial charge in [-0.1, -0.05) is 29.6 Å². The zero-order valence-electron chi connectivity index (χ0n) is 11.5. The number of hydrogen-bond acceptors (Lipinski definition) is 3. The molecule has 2 aliphatic carbocycles. The standard InChI is InChI=1S/C14H18Cl2N2O2S/c15-12-7-13(16)14(6-9(12)8-17-10-4-5-10)21(19,20)18-11-2-1-3-11/h6-7,10-11,17-18H,1-5,8H2. The molecule has 0 saturated heterocycles. The van der Waals surface area contributed by atoms with E-state index in [0.717, 1.165) is 24.8 Å². The molecule has 0 radical (unpaired) electrons. The average Bonchev–Trinajstić information content (AvgIpc) is 3.17. The summed E-state index contributed by atoms with van der Waals surface area (Å²) in [6.07, 6.45) is 5.18. The van der Waals surface area contributed by atoms with Gasteiger partial charge in [-0.2, -0.15) is 0 Å². The Morgan fingerprint density at radius 3 is 2.33 bits per heavy atom. The maximum atomic E-state index is 12.4. The largest absolute Gasteiger partial charge is 0.310 e. The lowest BCUT2D eigenvalue weighted by Gasteiger charge is -2.26. The molecule has 1 aromatic rings. The van der Waals surface area contributed by atoms with Crippen LogP contribution in [0.25, 0.3) is 0 Å². The van der Waals surface area contributed by atoms with Crippen molar-refractivity contribution < 1.29 is 8.42 Å². The predicted molar refractivity (Wildman–Crippen MR) is 84.3 cm³/mol. The molecule has 0 aromatic heterocycles. The van der Waals surface area contributed by atoms with Crippen LogP contribution in [0.1, 0.15) is 37.7 Å². The summed E-state index contributed by atoms with van der Waals surface area (Å²) in [7, 11) is -3.58. The van der Waals surface area contributed by atoms with Crippen LogP contribution in [0.4, 0.5) is 0 Å². The van der Waals surface area contributed by atoms with Crippen molar-refractivity contribution in [3.05, 3.63) is 27.7 Å². The molecular formula is C14H18Cl2N2O2S. The molecule has 0 amide bonds. The molecule has 0 spiro atoms. The van der Waals surface area contributed by atoms with Crippen LogP contribution in [0.5, 0.6) is 0 Å². The summed E-state index contributed by atoms with van der Waals surface area (Å²) in [6, 6.07) is 3.67. The first-order chi connectivity index (χ1) is 9.95. The first-order valence-corrected chi connectivity index (χ1v) is 9.43. The minimum Gasteiger partial charge on any atom is -0.310 e. The Morgan fingerprint density at radius 2 is 1.76 bits per heavy atom. The third-order valence-electron chi connectivity index (χ3n) is 3.98. The van der Waals surface area contributed by atoms with E-state index in [-0.39, 0.29) is 16.0 Å². The average molecular weight is 349 g/mol. The molecule has 0 aliphatic heterocycles. The molecule has 0 heterocycles. The number of nitrogens with one attached hydrogen (secondary N) is 2. The Kier molecular flexibility index (Phi) is 4.48. The van der Waals surface area contributed by atoms with E-state index in [0.29, 0.717) is 17.6 Å². The summed E-state index contributed by atoms with van der Waals surface area (Å²) in [5.41, 5.74) is 0.766. The fourth-order valence-corrected chi connectivity index (χ4v) is 4.43. The molecule has 1 aromatic carbocycles. The van der Waals surface area contributed by atoms with Crippen molar-refractivity contribution in [1.29, 1.82) is 0 Å². The minimum absolute atomic E-state index is 0.0368. The maximum absolute atomic E-state index is 12.4. The highest BCUT2D eigenvalue weighted by molar-refractivity contribution is 7.89. The molecule has 21 heavy (non-hydrogen) atoms. The summed E-state index contributed by atoms with van der Waals surface area (Å²) in [5, 5.41) is 4.00. The van der Waals surface area contributed by atoms with Crippen LogP contribution in [0.15, 0.2) is 17.0 Å². The second kappa shape index (κ2) is 6.05. The van der Waals surface area contributed by atoms with E-state index in [1.165, 1.54) is 18.9 Å². The van der Waals surface area contributed by atoms with Crippen molar-refractivity contribution in [2.24, 2.45) is 0 Å². The molecular weight excluding hydrogens is 331 g/mol. The second-order valence-electron chi connectivity index (χ2n) is 5.78. The first kappa shape index (κ1) is 15.6. The summed E-state index contributed by atoms with van der Waals surface area (Å²) in [4.78, 5) is 0.119. The predicted octanol–water partition coefficient (Wildman–Crippen LogP) is 3.08. The Bertz CT molecular complexity index is 641. The van der Waals surface area contributed by atoms with Crippen LogP contribution < -0.4 is 10.0 Å². The molecule has 0 bridgehead atoms. The molecule has 2 N–H and O–H groups in total. The van der Waals surface area contributed by atoms with Gasteiger partial charge in [0, 0.05) is 23.7 Å². The monoisotopic (exact) mass is 348 g/mol. The van der Waals surface area contributed by atoms with Gasteiger partial charge in [0.15, 0.2) is 0 Å². The SMILES string of the molecule is O=S(=O)(NC1CCC1)c1cc(CNC2CC2)c(Cl)cc1Cl. The molecule has 116 valence electrons. The molecule has 4 nitrogen and oxygen atoms in total. The zero-order chi connectivity index (χ0) is 15.0. The topological polar surface area (TPSA) is 58.2 Å². The highest BCUT2D eigenvalue weighted by Crippen LogP contribution is 2.30. The first-order valence-electron chi connectivity index (χ1n) is 7.19. The molecule has 2 saturated carbocycles. The van der Waals surface area contributed by atoms with E-state index in [1.807, 2.05) is 0 Å². The van der Waals surface area contributed by atoms with E-state index in [9.17, 15) is 8.42 Å². The van der Waals surface area contributed by atoms with Gasteiger partial charge in [-0.3, -0.25) is 0 Å². The lowest BCUT2D eigenvalue weighted by atomic mass is 9.94. The van der Waals surface area contributed by atoms with Gasteiger partial charge in [0.2, 0.25) is 10.0 Å². The maximum Gasteiger partial charge on any atom is 0.242 e. The van der Waals surface area contributed by atoms with Crippen LogP contribution in [0.2, 0.25) is 10.0 Å². The minimum atomic E-state index is -3.58. The van der Waals surface area contributed by atoms with Crippen LogP contribution in [0, 0.1) is 0 Å². The van der Waals surface area contributed by atoms with Crippen molar-refractivity contribution in [3.8, 4) is 0 Å². The highest BCUT2D eigenvalue weighted by atomic mass is 35.5. The fraction of sp³-hybridized carbons (Fsp3) is 0.571. The smallest absolute Gasteiger partial charge is 0.242 e.